The van der Waals surface area contributed by atoms with Gasteiger partial charge in [0.15, 0.2) is 4.80 Å². The number of methoxy groups -OCH3 is 1. The summed E-state index contributed by atoms with van der Waals surface area (Å²) >= 11 is 1.13. The molecule has 1 amide bonds. The van der Waals surface area contributed by atoms with Crippen LogP contribution in [0.4, 0.5) is 5.69 Å². The van der Waals surface area contributed by atoms with Crippen LogP contribution in [0.3, 0.4) is 0 Å². The van der Waals surface area contributed by atoms with E-state index in [0.717, 1.165) is 23.4 Å². The fourth-order valence-electron chi connectivity index (χ4n) is 5.13. The van der Waals surface area contributed by atoms with Crippen molar-refractivity contribution in [3.63, 3.8) is 0 Å². The molecule has 2 aliphatic rings. The van der Waals surface area contributed by atoms with Crippen molar-refractivity contribution in [3.8, 4) is 0 Å². The first-order valence-corrected chi connectivity index (χ1v) is 14.3. The number of anilines is 1. The molecule has 0 aliphatic carbocycles. The molecule has 2 aromatic carbocycles. The van der Waals surface area contributed by atoms with E-state index in [1.165, 1.54) is 11.7 Å². The molecule has 2 aliphatic heterocycles. The molecule has 9 nitrogen and oxygen atoms in total. The van der Waals surface area contributed by atoms with Crippen molar-refractivity contribution >= 4 is 40.4 Å². The van der Waals surface area contributed by atoms with E-state index >= 15 is 0 Å². The highest BCUT2D eigenvalue weighted by Gasteiger charge is 2.37. The third-order valence-corrected chi connectivity index (χ3v) is 8.06. The van der Waals surface area contributed by atoms with Crippen molar-refractivity contribution in [2.45, 2.75) is 40.2 Å². The van der Waals surface area contributed by atoms with E-state index in [1.54, 1.807) is 36.1 Å². The van der Waals surface area contributed by atoms with Crippen LogP contribution in [0.15, 0.2) is 69.6 Å². The Morgan fingerprint density at radius 2 is 1.76 bits per heavy atom. The second-order valence-electron chi connectivity index (χ2n) is 10.4. The number of carbonyl (C=O) groups excluding carboxylic acids is 3. The quantitative estimate of drug-likeness (QED) is 0.402. The predicted molar refractivity (Wildman–Crippen MR) is 155 cm³/mol. The van der Waals surface area contributed by atoms with Gasteiger partial charge in [0.1, 0.15) is 4.53 Å². The third-order valence-electron chi connectivity index (χ3n) is 7.01. The van der Waals surface area contributed by atoms with Gasteiger partial charge in [0.25, 0.3) is 11.5 Å². The number of allylic oxidation sites excluding steroid dienone is 1. The number of carbonyl (C=O) groups is 3. The molecule has 3 aromatic rings. The zero-order chi connectivity index (χ0) is 29.4. The van der Waals surface area contributed by atoms with Crippen molar-refractivity contribution in [2.24, 2.45) is 10.9 Å². The van der Waals surface area contributed by atoms with E-state index in [-0.39, 0.29) is 28.5 Å². The summed E-state index contributed by atoms with van der Waals surface area (Å²) in [6, 6.07) is 13.1. The molecule has 0 saturated heterocycles. The Bertz CT molecular complexity index is 1760. The van der Waals surface area contributed by atoms with E-state index in [0.29, 0.717) is 39.3 Å². The summed E-state index contributed by atoms with van der Waals surface area (Å²) in [5, 5.41) is 0. The largest absolute Gasteiger partial charge is 0.465 e. The topological polar surface area (TPSA) is 107 Å². The van der Waals surface area contributed by atoms with Crippen LogP contribution in [0.5, 0.6) is 0 Å². The maximum atomic E-state index is 14.2. The Morgan fingerprint density at radius 1 is 1.05 bits per heavy atom. The first-order valence-electron chi connectivity index (χ1n) is 13.5. The number of nitrogens with zero attached hydrogens (tertiary/aromatic N) is 3. The van der Waals surface area contributed by atoms with Crippen LogP contribution in [0, 0.1) is 5.92 Å². The lowest BCUT2D eigenvalue weighted by Crippen LogP contribution is -2.41. The molecular formula is C31H31N3O6S. The monoisotopic (exact) mass is 573 g/mol. The number of hydrogen-bond acceptors (Lipinski definition) is 8. The van der Waals surface area contributed by atoms with Gasteiger partial charge in [-0.15, -0.1) is 0 Å². The molecule has 5 rings (SSSR count). The number of aromatic nitrogens is 1. The number of amides is 1. The van der Waals surface area contributed by atoms with Crippen LogP contribution in [-0.4, -0.2) is 42.7 Å². The minimum Gasteiger partial charge on any atom is -0.465 e. The minimum atomic E-state index is -0.870. The summed E-state index contributed by atoms with van der Waals surface area (Å²) in [5.74, 6) is -1.19. The molecule has 0 N–H and O–H groups in total. The zero-order valence-corrected chi connectivity index (χ0v) is 24.4. The number of benzene rings is 2. The number of fused-ring (bicyclic) bond motifs is 2. The van der Waals surface area contributed by atoms with Gasteiger partial charge >= 0.3 is 11.9 Å². The maximum Gasteiger partial charge on any atom is 0.338 e. The standard InChI is InChI=1S/C31H31N3O6S/c1-6-15-33-22-10-8-7-9-21(22)24(27(33)35)26-28(36)34-25(19-11-13-20(14-12-19)29(37)39-5)23(18(4)32-31(34)41-26)30(38)40-16-17(2)3/h7-14,17,25H,6,15-16H2,1-5H3. The number of ether oxygens (including phenoxy) is 2. The van der Waals surface area contributed by atoms with E-state index in [9.17, 15) is 19.2 Å². The van der Waals surface area contributed by atoms with Crippen molar-refractivity contribution < 1.29 is 23.9 Å². The van der Waals surface area contributed by atoms with Gasteiger partial charge in [-0.2, -0.15) is 0 Å². The van der Waals surface area contributed by atoms with Crippen LogP contribution in [0.1, 0.15) is 61.6 Å². The highest BCUT2D eigenvalue weighted by atomic mass is 32.1. The van der Waals surface area contributed by atoms with Crippen LogP contribution < -0.4 is 19.8 Å². The SMILES string of the molecule is CCCN1C(=O)C(=c2sc3n(c2=O)C(c2ccc(C(=O)OC)cc2)C(C(=O)OCC(C)C)=C(C)N=3)c2ccccc21. The minimum absolute atomic E-state index is 0.111. The number of para-hydroxylation sites is 1. The average Bonchev–Trinajstić information content (AvgIpc) is 3.43. The van der Waals surface area contributed by atoms with Crippen molar-refractivity contribution in [1.82, 2.24) is 4.57 Å². The highest BCUT2D eigenvalue weighted by molar-refractivity contribution is 7.07. The van der Waals surface area contributed by atoms with Crippen molar-refractivity contribution in [2.75, 3.05) is 25.2 Å². The number of esters is 2. The van der Waals surface area contributed by atoms with Crippen LogP contribution in [-0.2, 0) is 19.1 Å². The van der Waals surface area contributed by atoms with E-state index in [2.05, 4.69) is 4.99 Å². The van der Waals surface area contributed by atoms with Gasteiger partial charge in [-0.05, 0) is 43.0 Å². The Morgan fingerprint density at radius 3 is 2.41 bits per heavy atom. The lowest BCUT2D eigenvalue weighted by atomic mass is 9.95. The van der Waals surface area contributed by atoms with Crippen LogP contribution >= 0.6 is 11.3 Å². The van der Waals surface area contributed by atoms with E-state index in [1.807, 2.05) is 45.0 Å². The van der Waals surface area contributed by atoms with Crippen molar-refractivity contribution in [1.29, 1.82) is 0 Å². The first-order chi connectivity index (χ1) is 19.7. The molecule has 1 aromatic heterocycles. The van der Waals surface area contributed by atoms with E-state index in [4.69, 9.17) is 9.47 Å². The van der Waals surface area contributed by atoms with Gasteiger partial charge < -0.3 is 14.4 Å². The molecule has 0 fully saturated rings. The zero-order valence-electron chi connectivity index (χ0n) is 23.6. The van der Waals surface area contributed by atoms with E-state index < -0.39 is 23.5 Å². The Kier molecular flexibility index (Phi) is 7.77. The second-order valence-corrected chi connectivity index (χ2v) is 11.3. The Balaban J connectivity index is 1.75. The molecule has 1 atom stereocenters. The molecule has 3 heterocycles. The molecule has 0 bridgehead atoms. The summed E-state index contributed by atoms with van der Waals surface area (Å²) in [4.78, 5) is 60.1. The number of thiazole rings is 1. The second kappa shape index (κ2) is 11.3. The van der Waals surface area contributed by atoms with Crippen molar-refractivity contribution in [3.05, 3.63) is 96.2 Å². The molecular weight excluding hydrogens is 542 g/mol. The summed E-state index contributed by atoms with van der Waals surface area (Å²) in [6.07, 6.45) is 0.761. The fraction of sp³-hybridized carbons (Fsp3) is 0.323. The molecule has 0 radical (unpaired) electrons. The fourth-order valence-corrected chi connectivity index (χ4v) is 6.27. The molecule has 41 heavy (non-hydrogen) atoms. The van der Waals surface area contributed by atoms with Gasteiger partial charge in [-0.25, -0.2) is 14.6 Å². The van der Waals surface area contributed by atoms with Gasteiger partial charge in [0.05, 0.1) is 47.9 Å². The van der Waals surface area contributed by atoms with Gasteiger partial charge in [-0.1, -0.05) is 62.4 Å². The smallest absolute Gasteiger partial charge is 0.338 e. The molecule has 212 valence electrons. The maximum absolute atomic E-state index is 14.2. The summed E-state index contributed by atoms with van der Waals surface area (Å²) in [7, 11) is 1.30. The first kappa shape index (κ1) is 28.2. The van der Waals surface area contributed by atoms with Gasteiger partial charge in [0.2, 0.25) is 0 Å². The number of hydrogen-bond donors (Lipinski definition) is 0. The molecule has 1 unspecified atom stereocenters. The van der Waals surface area contributed by atoms with Crippen LogP contribution in [0.25, 0.3) is 5.57 Å². The molecule has 0 saturated carbocycles. The summed E-state index contributed by atoms with van der Waals surface area (Å²) in [6.45, 7) is 8.31. The highest BCUT2D eigenvalue weighted by Crippen LogP contribution is 2.36. The molecule has 10 heteroatoms. The molecule has 0 spiro atoms. The Hall–Kier alpha value is -4.31. The van der Waals surface area contributed by atoms with Gasteiger partial charge in [-0.3, -0.25) is 14.2 Å². The average molecular weight is 574 g/mol. The van der Waals surface area contributed by atoms with Crippen LogP contribution in [0.2, 0.25) is 0 Å². The lowest BCUT2D eigenvalue weighted by molar-refractivity contribution is -0.140. The normalized spacial score (nSPS) is 17.4. The number of rotatable bonds is 7. The van der Waals surface area contributed by atoms with Gasteiger partial charge in [0, 0.05) is 12.1 Å². The summed E-state index contributed by atoms with van der Waals surface area (Å²) in [5.41, 5.74) is 2.95. The predicted octanol–water partition coefficient (Wildman–Crippen LogP) is 3.35. The third kappa shape index (κ3) is 4.93. The summed E-state index contributed by atoms with van der Waals surface area (Å²) < 4.78 is 12.1. The lowest BCUT2D eigenvalue weighted by Gasteiger charge is -2.25. The Labute approximate surface area is 241 Å².